The van der Waals surface area contributed by atoms with Crippen LogP contribution in [0.4, 0.5) is 4.79 Å². The second-order valence-corrected chi connectivity index (χ2v) is 3.19. The number of carbonyl (C=O) groups is 1. The molecule has 0 aromatic rings. The molecule has 0 spiro atoms. The van der Waals surface area contributed by atoms with E-state index in [0.29, 0.717) is 0 Å². The second kappa shape index (κ2) is 0.875. The van der Waals surface area contributed by atoms with Gasteiger partial charge in [-0.15, -0.1) is 0 Å². The molecule has 0 aliphatic carbocycles. The summed E-state index contributed by atoms with van der Waals surface area (Å²) in [5, 5.41) is 0. The van der Waals surface area contributed by atoms with E-state index in [0.717, 1.165) is 0 Å². The van der Waals surface area contributed by atoms with Gasteiger partial charge in [0.15, 0.2) is 0 Å². The molecule has 0 radical (unpaired) electrons. The van der Waals surface area contributed by atoms with Gasteiger partial charge in [-0.25, -0.2) is 0 Å². The second-order valence-electron chi connectivity index (χ2n) is 0.576. The Bertz CT molecular complexity index is 42.9. The first-order valence-corrected chi connectivity index (χ1v) is 4.37. The Morgan fingerprint density at radius 2 is 2.20 bits per heavy atom. The Morgan fingerprint density at radius 1 is 2.00 bits per heavy atom. The molecule has 0 saturated carbocycles. The molecule has 0 fully saturated rings. The van der Waals surface area contributed by atoms with Crippen molar-refractivity contribution in [3.05, 3.63) is 0 Å². The van der Waals surface area contributed by atoms with Gasteiger partial charge in [-0.3, -0.25) is 0 Å². The predicted molar refractivity (Wildman–Crippen MR) is 12.4 cm³/mol. The summed E-state index contributed by atoms with van der Waals surface area (Å²) in [4.78, 5) is 9.68. The molecule has 0 aliphatic rings. The monoisotopic (exact) mass is 326 g/mol. The van der Waals surface area contributed by atoms with Crippen LogP contribution >= 0.6 is 0 Å². The molecule has 0 aromatic carbocycles. The molecule has 0 aromatic heterocycles. The van der Waals surface area contributed by atoms with Crippen LogP contribution in [0, 0.1) is 0 Å². The van der Waals surface area contributed by atoms with E-state index in [4.69, 9.17) is 0 Å². The number of carbonyl (C=O) groups excluding carboxylic acids is 1. The molecule has 0 saturated heterocycles. The van der Waals surface area contributed by atoms with Gasteiger partial charge in [0.05, 0.1) is 0 Å². The summed E-state index contributed by atoms with van der Waals surface area (Å²) in [6.45, 7) is -0.0362. The van der Waals surface area contributed by atoms with E-state index in [1.807, 2.05) is 0 Å². The van der Waals surface area contributed by atoms with E-state index in [9.17, 15) is 4.79 Å². The molecule has 0 atom stereocenters. The molecule has 0 N–H and O–H groups in total. The van der Waals surface area contributed by atoms with Crippen molar-refractivity contribution in [2.24, 2.45) is 0 Å². The van der Waals surface area contributed by atoms with Gasteiger partial charge in [0.1, 0.15) is 0 Å². The molecule has 0 rings (SSSR count). The van der Waals surface area contributed by atoms with Crippen LogP contribution in [-0.4, -0.2) is 13.6 Å². The first-order valence-electron chi connectivity index (χ1n) is 1.17. The normalized spacial score (nSPS) is 7.00. The predicted octanol–water partition coefficient (Wildman–Crippen LogP) is 0.302. The van der Waals surface area contributed by atoms with Crippen molar-refractivity contribution in [3.8, 4) is 0 Å². The third-order valence-electron chi connectivity index (χ3n) is 0.228. The van der Waals surface area contributed by atoms with Crippen LogP contribution in [0.1, 0.15) is 0 Å². The standard InChI is InChI=1S/C2H3O2.Rf/c1-4-2-3;/h1H3;. The maximum atomic E-state index is 9.68. The Hall–Kier alpha value is -1.53. The van der Waals surface area contributed by atoms with Crippen LogP contribution in [0.2, 0.25) is 0 Å². The summed E-state index contributed by atoms with van der Waals surface area (Å²) in [5.41, 5.74) is 0. The summed E-state index contributed by atoms with van der Waals surface area (Å²) < 4.78 is 4.28. The van der Waals surface area contributed by atoms with Crippen LogP contribution in [0.3, 0.4) is 0 Å². The van der Waals surface area contributed by atoms with E-state index in [2.05, 4.69) is 4.74 Å². The number of rotatable bonds is 0. The van der Waals surface area contributed by atoms with Crippen molar-refractivity contribution in [2.45, 2.75) is 0 Å². The molecule has 5 heavy (non-hydrogen) atoms. The minimum atomic E-state index is -0.0362. The average molecular weight is 326 g/mol. The molecule has 2 nitrogen and oxygen atoms in total. The number of methoxy groups -OCH3 is 1. The summed E-state index contributed by atoms with van der Waals surface area (Å²) >= 11 is 0. The summed E-state index contributed by atoms with van der Waals surface area (Å²) in [6, 6.07) is 0. The van der Waals surface area contributed by atoms with Crippen molar-refractivity contribution in [3.63, 3.8) is 0 Å². The fourth-order valence-corrected chi connectivity index (χ4v) is 0. The topological polar surface area (TPSA) is 26.3 Å². The van der Waals surface area contributed by atoms with E-state index in [1.54, 1.807) is 0 Å². The van der Waals surface area contributed by atoms with Gasteiger partial charge in [0, 0.05) is 0 Å². The minimum absolute atomic E-state index is 0.0362. The molecule has 3 heteroatoms. The summed E-state index contributed by atoms with van der Waals surface area (Å²) in [5.74, 6) is 0. The first kappa shape index (κ1) is 3.47. The third-order valence-corrected chi connectivity index (χ3v) is 1.53. The Labute approximate surface area is 24.4 Å². The van der Waals surface area contributed by atoms with Crippen LogP contribution in [0.5, 0.6) is 0 Å². The van der Waals surface area contributed by atoms with Crippen LogP contribution in [0.15, 0.2) is 0 Å². The van der Waals surface area contributed by atoms with Crippen molar-refractivity contribution in [1.29, 1.82) is 0 Å². The van der Waals surface area contributed by atoms with Gasteiger partial charge >= 0.3 is 23.1 Å². The van der Waals surface area contributed by atoms with Gasteiger partial charge in [-0.1, -0.05) is 0 Å². The quantitative estimate of drug-likeness (QED) is 0.640. The Morgan fingerprint density at radius 3 is 2.20 bits per heavy atom. The van der Waals surface area contributed by atoms with Crippen LogP contribution in [0.25, 0.3) is 0 Å². The van der Waals surface area contributed by atoms with Crippen LogP contribution < -0.4 is 0 Å². The van der Waals surface area contributed by atoms with Crippen molar-refractivity contribution < 1.29 is 9.53 Å². The molecule has 0 heterocycles. The molecule has 0 aliphatic heterocycles. The third kappa shape index (κ3) is 2.47. The fraction of sp³-hybridized carbons (Fsp3) is 0.500. The number of hydrogen-bond donors (Lipinski definition) is 0. The molecular formula is C2H3O2Rf. The van der Waals surface area contributed by atoms with Gasteiger partial charge in [0.2, 0.25) is 0 Å². The molecule has 0 bridgehead atoms. The molecule has 0 amide bonds. The van der Waals surface area contributed by atoms with Gasteiger partial charge < -0.3 is 0 Å². The first-order chi connectivity index (χ1) is 2.27. The summed E-state index contributed by atoms with van der Waals surface area (Å²) in [7, 11) is 1.40. The SMILES string of the molecule is CO[C](=O)[Rf]. The molecule has 25 valence electrons. The van der Waals surface area contributed by atoms with Crippen molar-refractivity contribution >= 4 is 6.47 Å². The summed E-state index contributed by atoms with van der Waals surface area (Å²) in [6.07, 6.45) is 0. The number of ether oxygens (including phenoxy) is 1. The van der Waals surface area contributed by atoms with E-state index in [-0.39, 0.29) is 6.47 Å². The molecular weight excluding hydrogens is 323 g/mol. The van der Waals surface area contributed by atoms with E-state index < -0.39 is 0 Å². The molecule has 0 unspecified atom stereocenters. The average Bonchev–Trinajstić information content (AvgIpc) is 1.38. The fourth-order valence-electron chi connectivity index (χ4n) is 0. The number of hydrogen-bond acceptors (Lipinski definition) is 2. The maximum absolute atomic E-state index is 9.68. The van der Waals surface area contributed by atoms with E-state index >= 15 is 0 Å². The van der Waals surface area contributed by atoms with E-state index in [1.165, 1.54) is 7.11 Å². The zero-order valence-electron chi connectivity index (χ0n) is 3.02. The Balaban J connectivity index is 2.85. The van der Waals surface area contributed by atoms with Gasteiger partial charge in [-0.2, -0.15) is 0 Å². The zero-order valence-corrected chi connectivity index (χ0v) is 9.42. The van der Waals surface area contributed by atoms with Crippen molar-refractivity contribution in [2.75, 3.05) is 7.11 Å². The van der Waals surface area contributed by atoms with Gasteiger partial charge in [0.25, 0.3) is 0 Å². The Kier molecular flexibility index (Phi) is 0.607. The van der Waals surface area contributed by atoms with Gasteiger partial charge in [-0.05, 0) is 0 Å². The van der Waals surface area contributed by atoms with Crippen molar-refractivity contribution in [1.82, 2.24) is 0 Å². The van der Waals surface area contributed by atoms with Crippen LogP contribution in [-0.2, 0) is 4.74 Å². The zero-order chi connectivity index (χ0) is 4.28.